The number of aromatic amines is 1. The number of methoxy groups -OCH3 is 1. The van der Waals surface area contributed by atoms with Gasteiger partial charge in [-0.1, -0.05) is 29.7 Å². The van der Waals surface area contributed by atoms with Crippen molar-refractivity contribution in [3.05, 3.63) is 64.2 Å². The van der Waals surface area contributed by atoms with Gasteiger partial charge in [0.1, 0.15) is 30.5 Å². The van der Waals surface area contributed by atoms with Crippen molar-refractivity contribution in [3.8, 4) is 5.75 Å². The smallest absolute Gasteiger partial charge is 0.294 e. The summed E-state index contributed by atoms with van der Waals surface area (Å²) in [5, 5.41) is 4.16. The van der Waals surface area contributed by atoms with Crippen LogP contribution in [-0.2, 0) is 13.1 Å². The van der Waals surface area contributed by atoms with Crippen molar-refractivity contribution >= 4 is 35.4 Å². The Morgan fingerprint density at radius 1 is 1.23 bits per heavy atom. The monoisotopic (exact) mass is 347 g/mol. The molecule has 4 aromatic rings. The molecular weight excluding hydrogens is 329 g/mol. The summed E-state index contributed by atoms with van der Waals surface area (Å²) in [7, 11) is 3.65. The van der Waals surface area contributed by atoms with E-state index in [9.17, 15) is 4.79 Å². The van der Waals surface area contributed by atoms with E-state index in [1.165, 1.54) is 0 Å². The minimum absolute atomic E-state index is 0.262. The summed E-state index contributed by atoms with van der Waals surface area (Å²) in [6.45, 7) is 1.09. The highest BCUT2D eigenvalue weighted by Crippen LogP contribution is 2.23. The van der Waals surface area contributed by atoms with E-state index >= 15 is 0 Å². The van der Waals surface area contributed by atoms with Crippen LogP contribution in [0.15, 0.2) is 51.7 Å². The third kappa shape index (κ3) is 3.09. The maximum atomic E-state index is 12.3. The van der Waals surface area contributed by atoms with E-state index in [1.807, 2.05) is 50.3 Å². The quantitative estimate of drug-likeness (QED) is 0.531. The SMILES string of the molecule is Bc1ccc2oc3c(=O)[nH]c(CNCc4cccc(OC)c4)nc3c2c1. The molecule has 0 atom stereocenters. The summed E-state index contributed by atoms with van der Waals surface area (Å²) in [4.78, 5) is 19.7. The van der Waals surface area contributed by atoms with Crippen molar-refractivity contribution in [2.45, 2.75) is 13.1 Å². The lowest BCUT2D eigenvalue weighted by Crippen LogP contribution is -2.19. The molecule has 0 aliphatic carbocycles. The Balaban J connectivity index is 1.59. The highest BCUT2D eigenvalue weighted by atomic mass is 16.5. The summed E-state index contributed by atoms with van der Waals surface area (Å²) in [6.07, 6.45) is 0. The zero-order valence-electron chi connectivity index (χ0n) is 14.6. The normalized spacial score (nSPS) is 11.3. The number of nitrogens with zero attached hydrogens (tertiary/aromatic N) is 1. The predicted octanol–water partition coefficient (Wildman–Crippen LogP) is 1.23. The van der Waals surface area contributed by atoms with Gasteiger partial charge in [-0.2, -0.15) is 0 Å². The zero-order chi connectivity index (χ0) is 18.1. The van der Waals surface area contributed by atoms with Gasteiger partial charge in [0, 0.05) is 11.9 Å². The number of fused-ring (bicyclic) bond motifs is 3. The van der Waals surface area contributed by atoms with Gasteiger partial charge in [-0.25, -0.2) is 4.98 Å². The zero-order valence-corrected chi connectivity index (χ0v) is 14.6. The fourth-order valence-corrected chi connectivity index (χ4v) is 3.01. The molecule has 2 aromatic heterocycles. The van der Waals surface area contributed by atoms with E-state index in [1.54, 1.807) is 7.11 Å². The van der Waals surface area contributed by atoms with Crippen molar-refractivity contribution in [3.63, 3.8) is 0 Å². The molecule has 2 heterocycles. The standard InChI is InChI=1S/C19H18BN3O3/c1-25-13-4-2-3-11(7-13)9-21-10-16-22-17-14-8-12(20)5-6-15(14)26-18(17)19(24)23-16/h2-8,21H,9-10,20H2,1H3,(H,22,23,24). The van der Waals surface area contributed by atoms with Crippen LogP contribution in [0, 0.1) is 0 Å². The van der Waals surface area contributed by atoms with Gasteiger partial charge in [-0.3, -0.25) is 4.79 Å². The van der Waals surface area contributed by atoms with E-state index in [4.69, 9.17) is 9.15 Å². The molecule has 0 amide bonds. The van der Waals surface area contributed by atoms with E-state index in [0.29, 0.717) is 30.0 Å². The first-order valence-corrected chi connectivity index (χ1v) is 8.40. The van der Waals surface area contributed by atoms with Gasteiger partial charge in [0.25, 0.3) is 5.56 Å². The fraction of sp³-hybridized carbons (Fsp3) is 0.158. The van der Waals surface area contributed by atoms with Crippen LogP contribution in [0.5, 0.6) is 5.75 Å². The Morgan fingerprint density at radius 2 is 2.12 bits per heavy atom. The summed E-state index contributed by atoms with van der Waals surface area (Å²) in [6, 6.07) is 13.6. The van der Waals surface area contributed by atoms with Crippen LogP contribution in [0.1, 0.15) is 11.4 Å². The minimum atomic E-state index is -0.262. The predicted molar refractivity (Wildman–Crippen MR) is 104 cm³/mol. The van der Waals surface area contributed by atoms with Crippen LogP contribution in [0.25, 0.3) is 22.1 Å². The third-order valence-corrected chi connectivity index (χ3v) is 4.28. The van der Waals surface area contributed by atoms with Crippen LogP contribution in [0.2, 0.25) is 0 Å². The second-order valence-electron chi connectivity index (χ2n) is 6.25. The number of benzene rings is 2. The first-order valence-electron chi connectivity index (χ1n) is 8.40. The van der Waals surface area contributed by atoms with Crippen molar-refractivity contribution in [2.75, 3.05) is 7.11 Å². The number of rotatable bonds is 5. The number of aromatic nitrogens is 2. The van der Waals surface area contributed by atoms with E-state index < -0.39 is 0 Å². The maximum absolute atomic E-state index is 12.3. The maximum Gasteiger partial charge on any atom is 0.294 e. The molecule has 0 bridgehead atoms. The largest absolute Gasteiger partial charge is 0.497 e. The topological polar surface area (TPSA) is 80.2 Å². The minimum Gasteiger partial charge on any atom is -0.497 e. The van der Waals surface area contributed by atoms with Crippen LogP contribution in [-0.4, -0.2) is 24.9 Å². The molecular formula is C19H18BN3O3. The highest BCUT2D eigenvalue weighted by molar-refractivity contribution is 6.33. The highest BCUT2D eigenvalue weighted by Gasteiger charge is 2.13. The molecule has 0 saturated carbocycles. The Labute approximate surface area is 150 Å². The third-order valence-electron chi connectivity index (χ3n) is 4.28. The molecule has 0 radical (unpaired) electrons. The van der Waals surface area contributed by atoms with Crippen LogP contribution >= 0.6 is 0 Å². The molecule has 7 heteroatoms. The second kappa shape index (κ2) is 6.69. The molecule has 4 rings (SSSR count). The van der Waals surface area contributed by atoms with Gasteiger partial charge >= 0.3 is 0 Å². The Kier molecular flexibility index (Phi) is 4.22. The average molecular weight is 347 g/mol. The first kappa shape index (κ1) is 16.4. The summed E-state index contributed by atoms with van der Waals surface area (Å²) < 4.78 is 10.9. The summed E-state index contributed by atoms with van der Waals surface area (Å²) in [5.74, 6) is 1.40. The van der Waals surface area contributed by atoms with E-state index in [-0.39, 0.29) is 11.1 Å². The molecule has 0 aliphatic rings. The molecule has 130 valence electrons. The van der Waals surface area contributed by atoms with E-state index in [2.05, 4.69) is 15.3 Å². The van der Waals surface area contributed by atoms with Crippen LogP contribution < -0.4 is 21.1 Å². The number of hydrogen-bond acceptors (Lipinski definition) is 5. The number of nitrogens with one attached hydrogen (secondary N) is 2. The number of ether oxygens (including phenoxy) is 1. The van der Waals surface area contributed by atoms with Gasteiger partial charge in [0.15, 0.2) is 0 Å². The molecule has 0 unspecified atom stereocenters. The van der Waals surface area contributed by atoms with E-state index in [0.717, 1.165) is 22.2 Å². The van der Waals surface area contributed by atoms with Crippen molar-refractivity contribution < 1.29 is 9.15 Å². The first-order chi connectivity index (χ1) is 12.6. The lowest BCUT2D eigenvalue weighted by Gasteiger charge is -2.06. The molecule has 0 fully saturated rings. The number of H-pyrrole nitrogens is 1. The van der Waals surface area contributed by atoms with Gasteiger partial charge in [0.2, 0.25) is 5.58 Å². The Morgan fingerprint density at radius 3 is 2.96 bits per heavy atom. The molecule has 0 aliphatic heterocycles. The van der Waals surface area contributed by atoms with Crippen molar-refractivity contribution in [1.29, 1.82) is 0 Å². The molecule has 6 nitrogen and oxygen atoms in total. The van der Waals surface area contributed by atoms with Gasteiger partial charge < -0.3 is 19.5 Å². The lowest BCUT2D eigenvalue weighted by atomic mass is 9.95. The van der Waals surface area contributed by atoms with Crippen molar-refractivity contribution in [2.24, 2.45) is 0 Å². The molecule has 2 N–H and O–H groups in total. The molecule has 0 spiro atoms. The Bertz CT molecular complexity index is 1150. The fourth-order valence-electron chi connectivity index (χ4n) is 3.01. The summed E-state index contributed by atoms with van der Waals surface area (Å²) in [5.41, 5.74) is 3.47. The number of furan rings is 1. The molecule has 0 saturated heterocycles. The van der Waals surface area contributed by atoms with Gasteiger partial charge in [-0.15, -0.1) is 0 Å². The Hall–Kier alpha value is -3.06. The second-order valence-corrected chi connectivity index (χ2v) is 6.25. The lowest BCUT2D eigenvalue weighted by molar-refractivity contribution is 0.414. The van der Waals surface area contributed by atoms with Gasteiger partial charge in [-0.05, 0) is 23.8 Å². The molecule has 26 heavy (non-hydrogen) atoms. The van der Waals surface area contributed by atoms with Crippen LogP contribution in [0.3, 0.4) is 0 Å². The molecule has 2 aromatic carbocycles. The average Bonchev–Trinajstić information content (AvgIpc) is 3.00. The van der Waals surface area contributed by atoms with Crippen molar-refractivity contribution in [1.82, 2.24) is 15.3 Å². The van der Waals surface area contributed by atoms with Crippen LogP contribution in [0.4, 0.5) is 0 Å². The van der Waals surface area contributed by atoms with Gasteiger partial charge in [0.05, 0.1) is 13.7 Å². The summed E-state index contributed by atoms with van der Waals surface area (Å²) >= 11 is 0. The number of hydrogen-bond donors (Lipinski definition) is 2.